The molecule has 0 spiro atoms. The Bertz CT molecular complexity index is 604. The van der Waals surface area contributed by atoms with E-state index in [-0.39, 0.29) is 5.56 Å². The molecule has 0 bridgehead atoms. The van der Waals surface area contributed by atoms with E-state index in [4.69, 9.17) is 5.11 Å². The Kier molecular flexibility index (Phi) is 3.57. The molecule has 2 rings (SSSR count). The molecule has 1 heterocycles. The highest BCUT2D eigenvalue weighted by molar-refractivity contribution is 7.99. The Labute approximate surface area is 107 Å². The molecule has 1 aromatic carbocycles. The maximum absolute atomic E-state index is 13.7. The number of carboxylic acid groups (broad SMARTS) is 1. The molecular weight excluding hydrogens is 255 g/mol. The Hall–Kier alpha value is -1.95. The number of hydrogen-bond acceptors (Lipinski definition) is 4. The predicted octanol–water partition coefficient (Wildman–Crippen LogP) is 2.77. The summed E-state index contributed by atoms with van der Waals surface area (Å²) < 4.78 is 13.7. The zero-order valence-corrected chi connectivity index (χ0v) is 10.2. The third-order valence-corrected chi connectivity index (χ3v) is 3.08. The molecule has 1 N–H and O–H groups in total. The van der Waals surface area contributed by atoms with Crippen LogP contribution in [0.15, 0.2) is 40.5 Å². The molecule has 18 heavy (non-hydrogen) atoms. The van der Waals surface area contributed by atoms with Crippen LogP contribution in [0.4, 0.5) is 4.39 Å². The fourth-order valence-corrected chi connectivity index (χ4v) is 2.08. The van der Waals surface area contributed by atoms with Crippen molar-refractivity contribution in [3.05, 3.63) is 47.5 Å². The van der Waals surface area contributed by atoms with Crippen molar-refractivity contribution in [1.29, 1.82) is 0 Å². The summed E-state index contributed by atoms with van der Waals surface area (Å²) in [5.41, 5.74) is 0.706. The standard InChI is InChI=1S/C12H9FN2O2S/c1-7-4-5-14-12(15-7)18-10-3-2-8(11(16)17)6-9(10)13/h2-6H,1H3,(H,16,17). The highest BCUT2D eigenvalue weighted by atomic mass is 32.2. The van der Waals surface area contributed by atoms with Crippen LogP contribution >= 0.6 is 11.8 Å². The van der Waals surface area contributed by atoms with Crippen LogP contribution in [0, 0.1) is 12.7 Å². The molecule has 0 fully saturated rings. The van der Waals surface area contributed by atoms with Gasteiger partial charge in [-0.25, -0.2) is 19.2 Å². The van der Waals surface area contributed by atoms with Gasteiger partial charge in [0.05, 0.1) is 10.5 Å². The number of carbonyl (C=O) groups is 1. The lowest BCUT2D eigenvalue weighted by Crippen LogP contribution is -1.97. The lowest BCUT2D eigenvalue weighted by molar-refractivity contribution is 0.0696. The largest absolute Gasteiger partial charge is 0.478 e. The van der Waals surface area contributed by atoms with Crippen molar-refractivity contribution in [1.82, 2.24) is 9.97 Å². The smallest absolute Gasteiger partial charge is 0.335 e. The van der Waals surface area contributed by atoms with Crippen LogP contribution in [0.3, 0.4) is 0 Å². The number of aromatic carboxylic acids is 1. The van der Waals surface area contributed by atoms with Gasteiger partial charge in [-0.1, -0.05) is 0 Å². The van der Waals surface area contributed by atoms with E-state index in [2.05, 4.69) is 9.97 Å². The molecule has 0 unspecified atom stereocenters. The molecule has 6 heteroatoms. The van der Waals surface area contributed by atoms with Gasteiger partial charge in [-0.15, -0.1) is 0 Å². The van der Waals surface area contributed by atoms with Crippen molar-refractivity contribution < 1.29 is 14.3 Å². The molecule has 0 aliphatic heterocycles. The second kappa shape index (κ2) is 5.14. The summed E-state index contributed by atoms with van der Waals surface area (Å²) >= 11 is 1.06. The molecule has 0 saturated carbocycles. The molecule has 92 valence electrons. The van der Waals surface area contributed by atoms with Crippen molar-refractivity contribution in [2.24, 2.45) is 0 Å². The fraction of sp³-hybridized carbons (Fsp3) is 0.0833. The first kappa shape index (κ1) is 12.5. The highest BCUT2D eigenvalue weighted by Crippen LogP contribution is 2.27. The summed E-state index contributed by atoms with van der Waals surface area (Å²) in [7, 11) is 0. The summed E-state index contributed by atoms with van der Waals surface area (Å²) in [6, 6.07) is 5.49. The van der Waals surface area contributed by atoms with Gasteiger partial charge < -0.3 is 5.11 Å². The topological polar surface area (TPSA) is 63.1 Å². The maximum atomic E-state index is 13.7. The van der Waals surface area contributed by atoms with Crippen LogP contribution in [0.5, 0.6) is 0 Å². The first-order valence-electron chi connectivity index (χ1n) is 5.06. The van der Waals surface area contributed by atoms with Gasteiger partial charge in [0, 0.05) is 11.9 Å². The van der Waals surface area contributed by atoms with E-state index < -0.39 is 11.8 Å². The average Bonchev–Trinajstić information content (AvgIpc) is 2.31. The monoisotopic (exact) mass is 264 g/mol. The van der Waals surface area contributed by atoms with Crippen molar-refractivity contribution in [2.75, 3.05) is 0 Å². The van der Waals surface area contributed by atoms with E-state index in [9.17, 15) is 9.18 Å². The van der Waals surface area contributed by atoms with Gasteiger partial charge in [0.1, 0.15) is 5.82 Å². The minimum Gasteiger partial charge on any atom is -0.478 e. The number of rotatable bonds is 3. The number of aryl methyl sites for hydroxylation is 1. The lowest BCUT2D eigenvalue weighted by atomic mass is 10.2. The Morgan fingerprint density at radius 1 is 1.39 bits per heavy atom. The van der Waals surface area contributed by atoms with E-state index in [1.807, 2.05) is 6.92 Å². The third-order valence-electron chi connectivity index (χ3n) is 2.15. The van der Waals surface area contributed by atoms with Gasteiger partial charge in [0.15, 0.2) is 5.16 Å². The average molecular weight is 264 g/mol. The predicted molar refractivity (Wildman–Crippen MR) is 64.3 cm³/mol. The lowest BCUT2D eigenvalue weighted by Gasteiger charge is -2.03. The Morgan fingerprint density at radius 2 is 2.17 bits per heavy atom. The number of hydrogen-bond donors (Lipinski definition) is 1. The van der Waals surface area contributed by atoms with E-state index in [0.717, 1.165) is 23.5 Å². The van der Waals surface area contributed by atoms with Crippen molar-refractivity contribution in [3.8, 4) is 0 Å². The summed E-state index contributed by atoms with van der Waals surface area (Å²) in [4.78, 5) is 19.1. The molecule has 0 aliphatic rings. The van der Waals surface area contributed by atoms with Crippen molar-refractivity contribution >= 4 is 17.7 Å². The number of carboxylic acids is 1. The van der Waals surface area contributed by atoms with Crippen LogP contribution in [0.25, 0.3) is 0 Å². The SMILES string of the molecule is Cc1ccnc(Sc2ccc(C(=O)O)cc2F)n1. The van der Waals surface area contributed by atoms with Crippen LogP contribution in [0.1, 0.15) is 16.1 Å². The normalized spacial score (nSPS) is 10.3. The number of aromatic nitrogens is 2. The molecular formula is C12H9FN2O2S. The van der Waals surface area contributed by atoms with Gasteiger partial charge in [-0.05, 0) is 43.0 Å². The molecule has 0 atom stereocenters. The van der Waals surface area contributed by atoms with Gasteiger partial charge in [-0.2, -0.15) is 0 Å². The quantitative estimate of drug-likeness (QED) is 0.864. The zero-order chi connectivity index (χ0) is 13.1. The van der Waals surface area contributed by atoms with Crippen LogP contribution < -0.4 is 0 Å². The van der Waals surface area contributed by atoms with Gasteiger partial charge in [0.25, 0.3) is 0 Å². The molecule has 0 saturated heterocycles. The molecule has 0 radical (unpaired) electrons. The molecule has 2 aromatic rings. The van der Waals surface area contributed by atoms with E-state index in [1.54, 1.807) is 12.3 Å². The molecule has 0 aliphatic carbocycles. The van der Waals surface area contributed by atoms with Gasteiger partial charge in [0.2, 0.25) is 0 Å². The molecule has 1 aromatic heterocycles. The summed E-state index contributed by atoms with van der Waals surface area (Å²) in [5, 5.41) is 9.16. The van der Waals surface area contributed by atoms with E-state index in [0.29, 0.717) is 10.1 Å². The number of benzene rings is 1. The fourth-order valence-electron chi connectivity index (χ4n) is 1.29. The first-order valence-corrected chi connectivity index (χ1v) is 5.88. The van der Waals surface area contributed by atoms with Crippen LogP contribution in [-0.4, -0.2) is 21.0 Å². The van der Waals surface area contributed by atoms with Gasteiger partial charge in [-0.3, -0.25) is 0 Å². The van der Waals surface area contributed by atoms with E-state index >= 15 is 0 Å². The Morgan fingerprint density at radius 3 is 2.78 bits per heavy atom. The van der Waals surface area contributed by atoms with Crippen molar-refractivity contribution in [3.63, 3.8) is 0 Å². The van der Waals surface area contributed by atoms with Crippen LogP contribution in [-0.2, 0) is 0 Å². The molecule has 4 nitrogen and oxygen atoms in total. The summed E-state index contributed by atoms with van der Waals surface area (Å²) in [6.07, 6.45) is 1.59. The van der Waals surface area contributed by atoms with Crippen molar-refractivity contribution in [2.45, 2.75) is 17.0 Å². The van der Waals surface area contributed by atoms with Gasteiger partial charge >= 0.3 is 5.97 Å². The summed E-state index contributed by atoms with van der Waals surface area (Å²) in [6.45, 7) is 1.82. The second-order valence-electron chi connectivity index (χ2n) is 3.53. The number of nitrogens with zero attached hydrogens (tertiary/aromatic N) is 2. The number of halogens is 1. The van der Waals surface area contributed by atoms with E-state index in [1.165, 1.54) is 12.1 Å². The van der Waals surface area contributed by atoms with Crippen LogP contribution in [0.2, 0.25) is 0 Å². The first-order chi connectivity index (χ1) is 8.56. The highest BCUT2D eigenvalue weighted by Gasteiger charge is 2.10. The Balaban J connectivity index is 2.27. The minimum absolute atomic E-state index is 0.0815. The summed E-state index contributed by atoms with van der Waals surface area (Å²) in [5.74, 6) is -1.75. The maximum Gasteiger partial charge on any atom is 0.335 e. The molecule has 0 amide bonds. The minimum atomic E-state index is -1.16. The third kappa shape index (κ3) is 2.84. The zero-order valence-electron chi connectivity index (χ0n) is 9.42. The second-order valence-corrected chi connectivity index (χ2v) is 4.54.